The van der Waals surface area contributed by atoms with Crippen LogP contribution in [0.5, 0.6) is 0 Å². The molecule has 0 aromatic carbocycles. The van der Waals surface area contributed by atoms with Gasteiger partial charge in [-0.2, -0.15) is 0 Å². The first-order chi connectivity index (χ1) is 22.0. The van der Waals surface area contributed by atoms with Crippen molar-refractivity contribution in [3.8, 4) is 0 Å². The van der Waals surface area contributed by atoms with Gasteiger partial charge in [0.2, 0.25) is 17.6 Å². The number of fused-ring (bicyclic) bond motifs is 1. The number of nitrogens with one attached hydrogen (secondary N) is 4. The number of carbonyl (C=O) groups is 6. The molecule has 3 saturated carbocycles. The van der Waals surface area contributed by atoms with E-state index in [2.05, 4.69) is 27.8 Å². The number of ketones is 2. The van der Waals surface area contributed by atoms with Crippen molar-refractivity contribution in [1.29, 1.82) is 0 Å². The number of urea groups is 1. The highest BCUT2D eigenvalue weighted by atomic mass is 19.1. The molecule has 262 valence electrons. The highest BCUT2D eigenvalue weighted by molar-refractivity contribution is 6.38. The van der Waals surface area contributed by atoms with E-state index in [4.69, 9.17) is 0 Å². The topological polar surface area (TPSA) is 154 Å². The SMILES string of the molecule is C=C(F)CNC(=O)C(=O)C(CCC)NC(=O)[C@@H]1[C@@H]2[C@H](CN1C(=O)[C@@H](NC(=O)N[C@H](C(=O)C1CC1)C1CCCCC1)C(C)(C)C)C2(C)C. The summed E-state index contributed by atoms with van der Waals surface area (Å²) in [6.07, 6.45) is 7.26. The molecule has 6 atom stereocenters. The van der Waals surface area contributed by atoms with Crippen molar-refractivity contribution in [2.45, 2.75) is 123 Å². The summed E-state index contributed by atoms with van der Waals surface area (Å²) >= 11 is 0. The summed E-state index contributed by atoms with van der Waals surface area (Å²) in [6.45, 7) is 14.2. The van der Waals surface area contributed by atoms with E-state index in [0.29, 0.717) is 13.0 Å². The van der Waals surface area contributed by atoms with Crippen LogP contribution in [0.4, 0.5) is 9.18 Å². The Bertz CT molecular complexity index is 1270. The molecule has 0 bridgehead atoms. The van der Waals surface area contributed by atoms with Gasteiger partial charge in [0, 0.05) is 12.5 Å². The van der Waals surface area contributed by atoms with Crippen LogP contribution in [-0.4, -0.2) is 77.5 Å². The monoisotopic (exact) mass is 659 g/mol. The number of likely N-dealkylation sites (tertiary alicyclic amines) is 1. The average Bonchev–Trinajstić information content (AvgIpc) is 3.89. The molecule has 0 aromatic heterocycles. The van der Waals surface area contributed by atoms with Gasteiger partial charge >= 0.3 is 6.03 Å². The van der Waals surface area contributed by atoms with Crippen molar-refractivity contribution in [3.05, 3.63) is 12.4 Å². The Morgan fingerprint density at radius 2 is 1.60 bits per heavy atom. The number of rotatable bonds is 14. The van der Waals surface area contributed by atoms with Crippen molar-refractivity contribution in [2.24, 2.45) is 34.5 Å². The van der Waals surface area contributed by atoms with Gasteiger partial charge in [0.1, 0.15) is 17.9 Å². The van der Waals surface area contributed by atoms with E-state index in [1.807, 2.05) is 34.6 Å². The first-order valence-corrected chi connectivity index (χ1v) is 17.4. The van der Waals surface area contributed by atoms with E-state index in [9.17, 15) is 33.2 Å². The van der Waals surface area contributed by atoms with Crippen LogP contribution in [0.1, 0.15) is 99.3 Å². The van der Waals surface area contributed by atoms with Gasteiger partial charge in [0.25, 0.3) is 5.91 Å². The minimum absolute atomic E-state index is 0.0149. The van der Waals surface area contributed by atoms with E-state index < -0.39 is 71.5 Å². The number of hydrogen-bond acceptors (Lipinski definition) is 6. The van der Waals surface area contributed by atoms with Crippen LogP contribution in [0.25, 0.3) is 0 Å². The van der Waals surface area contributed by atoms with Crippen LogP contribution >= 0.6 is 0 Å². The van der Waals surface area contributed by atoms with Gasteiger partial charge in [0.15, 0.2) is 5.78 Å². The average molecular weight is 660 g/mol. The lowest BCUT2D eigenvalue weighted by Gasteiger charge is -2.38. The van der Waals surface area contributed by atoms with Gasteiger partial charge in [0.05, 0.1) is 18.6 Å². The Morgan fingerprint density at radius 1 is 0.957 bits per heavy atom. The van der Waals surface area contributed by atoms with Crippen molar-refractivity contribution in [3.63, 3.8) is 0 Å². The molecule has 4 N–H and O–H groups in total. The third-order valence-electron chi connectivity index (χ3n) is 10.7. The number of carbonyl (C=O) groups excluding carboxylic acids is 6. The molecule has 11 nitrogen and oxygen atoms in total. The van der Waals surface area contributed by atoms with Gasteiger partial charge in [-0.15, -0.1) is 0 Å². The summed E-state index contributed by atoms with van der Waals surface area (Å²) in [4.78, 5) is 81.9. The Hall–Kier alpha value is -3.31. The number of piperidine rings is 1. The van der Waals surface area contributed by atoms with Crippen LogP contribution in [-0.2, 0) is 24.0 Å². The van der Waals surface area contributed by atoms with E-state index in [0.717, 1.165) is 44.9 Å². The fourth-order valence-corrected chi connectivity index (χ4v) is 7.69. The Balaban J connectivity index is 1.51. The van der Waals surface area contributed by atoms with Gasteiger partial charge in [-0.1, -0.05) is 73.8 Å². The lowest BCUT2D eigenvalue weighted by atomic mass is 9.81. The van der Waals surface area contributed by atoms with Gasteiger partial charge in [-0.25, -0.2) is 9.18 Å². The molecule has 0 aromatic rings. The van der Waals surface area contributed by atoms with Crippen LogP contribution < -0.4 is 21.3 Å². The number of halogens is 1. The molecule has 1 heterocycles. The maximum atomic E-state index is 14.3. The first-order valence-electron chi connectivity index (χ1n) is 17.4. The van der Waals surface area contributed by atoms with E-state index in [-0.39, 0.29) is 41.3 Å². The normalized spacial score (nSPS) is 25.4. The molecule has 1 aliphatic heterocycles. The Kier molecular flexibility index (Phi) is 11.2. The minimum atomic E-state index is -1.15. The second-order valence-corrected chi connectivity index (χ2v) is 15.8. The maximum Gasteiger partial charge on any atom is 0.316 e. The standard InChI is InChI=1S/C35H54FN5O6/c1-8-12-23(28(43)31(45)37-17-19(2)36)38-30(44)26-24-22(35(24,6)7)18-41(26)32(46)29(34(3,4)5)40-33(47)39-25(27(42)21-15-16-21)20-13-10-9-11-14-20/h20-26,29H,2,8-18H2,1,3-7H3,(H,37,45)(H,38,44)(H2,39,40,47)/t22-,23?,24-,25-,26-,29+/m0/s1. The fraction of sp³-hybridized carbons (Fsp3) is 0.771. The molecular formula is C35H54FN5O6. The largest absolute Gasteiger partial charge is 0.344 e. The molecular weight excluding hydrogens is 605 g/mol. The van der Waals surface area contributed by atoms with Gasteiger partial charge in [-0.05, 0) is 60.7 Å². The smallest absolute Gasteiger partial charge is 0.316 e. The number of Topliss-reactive ketones (excluding diaryl/α,β-unsaturated/α-hetero) is 2. The molecule has 1 unspecified atom stereocenters. The predicted molar refractivity (Wildman–Crippen MR) is 174 cm³/mol. The summed E-state index contributed by atoms with van der Waals surface area (Å²) in [6, 6.07) is -4.24. The molecule has 12 heteroatoms. The van der Waals surface area contributed by atoms with Crippen LogP contribution in [0, 0.1) is 34.5 Å². The number of nitrogens with zero attached hydrogens (tertiary/aromatic N) is 1. The third-order valence-corrected chi connectivity index (χ3v) is 10.7. The van der Waals surface area contributed by atoms with Crippen molar-refractivity contribution >= 4 is 35.3 Å². The molecule has 5 amide bonds. The highest BCUT2D eigenvalue weighted by Gasteiger charge is 2.70. The zero-order valence-corrected chi connectivity index (χ0v) is 28.9. The molecule has 1 saturated heterocycles. The quantitative estimate of drug-likeness (QED) is 0.209. The summed E-state index contributed by atoms with van der Waals surface area (Å²) in [5, 5.41) is 10.7. The third kappa shape index (κ3) is 8.41. The summed E-state index contributed by atoms with van der Waals surface area (Å²) < 4.78 is 13.1. The molecule has 0 spiro atoms. The first kappa shape index (κ1) is 36.5. The van der Waals surface area contributed by atoms with Crippen LogP contribution in [0.3, 0.4) is 0 Å². The summed E-state index contributed by atoms with van der Waals surface area (Å²) in [5.74, 6) is -3.70. The van der Waals surface area contributed by atoms with E-state index >= 15 is 0 Å². The van der Waals surface area contributed by atoms with E-state index in [1.165, 1.54) is 4.90 Å². The van der Waals surface area contributed by atoms with Crippen molar-refractivity contribution in [1.82, 2.24) is 26.2 Å². The van der Waals surface area contributed by atoms with Crippen molar-refractivity contribution in [2.75, 3.05) is 13.1 Å². The second kappa shape index (κ2) is 14.4. The number of hydrogen-bond donors (Lipinski definition) is 4. The number of amides is 5. The Morgan fingerprint density at radius 3 is 2.15 bits per heavy atom. The molecule has 3 aliphatic carbocycles. The maximum absolute atomic E-state index is 14.3. The van der Waals surface area contributed by atoms with Crippen LogP contribution in [0.2, 0.25) is 0 Å². The molecule has 4 aliphatic rings. The molecule has 4 rings (SSSR count). The molecule has 0 radical (unpaired) electrons. The zero-order chi connectivity index (χ0) is 34.8. The zero-order valence-electron chi connectivity index (χ0n) is 28.9. The van der Waals surface area contributed by atoms with Crippen LogP contribution in [0.15, 0.2) is 12.4 Å². The second-order valence-electron chi connectivity index (χ2n) is 15.8. The lowest BCUT2D eigenvalue weighted by Crippen LogP contribution is -2.62. The molecule has 4 fully saturated rings. The highest BCUT2D eigenvalue weighted by Crippen LogP contribution is 2.65. The van der Waals surface area contributed by atoms with E-state index in [1.54, 1.807) is 6.92 Å². The summed E-state index contributed by atoms with van der Waals surface area (Å²) in [5.41, 5.74) is -0.960. The fourth-order valence-electron chi connectivity index (χ4n) is 7.69. The van der Waals surface area contributed by atoms with Crippen molar-refractivity contribution < 1.29 is 33.2 Å². The minimum Gasteiger partial charge on any atom is -0.344 e. The van der Waals surface area contributed by atoms with Gasteiger partial charge in [-0.3, -0.25) is 24.0 Å². The lowest BCUT2D eigenvalue weighted by molar-refractivity contribution is -0.145. The molecule has 47 heavy (non-hydrogen) atoms. The predicted octanol–water partition coefficient (Wildman–Crippen LogP) is 3.56. The Labute approximate surface area is 278 Å². The summed E-state index contributed by atoms with van der Waals surface area (Å²) in [7, 11) is 0. The van der Waals surface area contributed by atoms with Gasteiger partial charge < -0.3 is 26.2 Å².